The molecular weight excluding hydrogens is 475 g/mol. The van der Waals surface area contributed by atoms with Gasteiger partial charge in [-0.25, -0.2) is 4.39 Å². The van der Waals surface area contributed by atoms with Crippen LogP contribution in [0.3, 0.4) is 0 Å². The average molecular weight is 497 g/mol. The van der Waals surface area contributed by atoms with Crippen LogP contribution < -0.4 is 10.6 Å². The number of amides is 1. The van der Waals surface area contributed by atoms with E-state index in [1.807, 2.05) is 30.5 Å². The van der Waals surface area contributed by atoms with E-state index in [-0.39, 0.29) is 17.5 Å². The molecule has 4 aromatic rings. The Labute approximate surface area is 203 Å². The molecule has 1 aromatic carbocycles. The van der Waals surface area contributed by atoms with E-state index in [4.69, 9.17) is 4.42 Å². The largest absolute Gasteiger partial charge is 0.467 e. The molecule has 34 heavy (non-hydrogen) atoms. The molecule has 11 heteroatoms. The Morgan fingerprint density at radius 3 is 2.76 bits per heavy atom. The number of nitrogens with zero attached hydrogens (tertiary/aromatic N) is 4. The van der Waals surface area contributed by atoms with Gasteiger partial charge in [0.25, 0.3) is 0 Å². The van der Waals surface area contributed by atoms with Gasteiger partial charge in [-0.1, -0.05) is 35.2 Å². The molecule has 0 saturated heterocycles. The zero-order chi connectivity index (χ0) is 24.1. The predicted molar refractivity (Wildman–Crippen MR) is 129 cm³/mol. The van der Waals surface area contributed by atoms with Crippen LogP contribution >= 0.6 is 23.1 Å². The Hall–Kier alpha value is -3.62. The van der Waals surface area contributed by atoms with Gasteiger partial charge in [0, 0.05) is 12.2 Å². The van der Waals surface area contributed by atoms with Crippen LogP contribution in [0.25, 0.3) is 0 Å². The lowest BCUT2D eigenvalue weighted by atomic mass is 10.2. The van der Waals surface area contributed by atoms with Gasteiger partial charge in [0.15, 0.2) is 4.34 Å². The number of nitriles is 1. The smallest absolute Gasteiger partial charge is 0.235 e. The van der Waals surface area contributed by atoms with Crippen LogP contribution in [0, 0.1) is 31.0 Å². The summed E-state index contributed by atoms with van der Waals surface area (Å²) in [7, 11) is 0. The Morgan fingerprint density at radius 2 is 2.06 bits per heavy atom. The van der Waals surface area contributed by atoms with Gasteiger partial charge in [-0.05, 0) is 49.2 Å². The Kier molecular flexibility index (Phi) is 7.30. The highest BCUT2D eigenvalue weighted by atomic mass is 32.2. The highest BCUT2D eigenvalue weighted by Gasteiger charge is 2.20. The molecule has 0 bridgehead atoms. The summed E-state index contributed by atoms with van der Waals surface area (Å²) in [6.07, 6.45) is 1.60. The topological polar surface area (TPSA) is 109 Å². The van der Waals surface area contributed by atoms with Gasteiger partial charge in [0.1, 0.15) is 23.5 Å². The number of hydrogen-bond donors (Lipinski definition) is 2. The second kappa shape index (κ2) is 10.5. The molecule has 0 unspecified atom stereocenters. The third-order valence-corrected chi connectivity index (χ3v) is 7.19. The number of benzene rings is 1. The van der Waals surface area contributed by atoms with Crippen LogP contribution in [0.15, 0.2) is 51.4 Å². The first kappa shape index (κ1) is 23.5. The van der Waals surface area contributed by atoms with Gasteiger partial charge in [0.05, 0.1) is 24.1 Å². The minimum absolute atomic E-state index is 0.109. The normalized spacial score (nSPS) is 10.8. The summed E-state index contributed by atoms with van der Waals surface area (Å²) in [5.74, 6) is 0.747. The van der Waals surface area contributed by atoms with E-state index in [1.165, 1.54) is 35.2 Å². The first-order chi connectivity index (χ1) is 16.4. The summed E-state index contributed by atoms with van der Waals surface area (Å²) >= 11 is 2.61. The van der Waals surface area contributed by atoms with Crippen LogP contribution in [0.2, 0.25) is 0 Å². The number of anilines is 2. The number of nitrogens with one attached hydrogen (secondary N) is 2. The first-order valence-corrected chi connectivity index (χ1v) is 12.1. The minimum atomic E-state index is -0.316. The monoisotopic (exact) mass is 496 g/mol. The van der Waals surface area contributed by atoms with Crippen molar-refractivity contribution in [3.63, 3.8) is 0 Å². The van der Waals surface area contributed by atoms with Crippen LogP contribution in [-0.4, -0.2) is 26.4 Å². The molecule has 0 aliphatic carbocycles. The zero-order valence-corrected chi connectivity index (χ0v) is 20.1. The summed E-state index contributed by atoms with van der Waals surface area (Å²) < 4.78 is 21.1. The molecule has 4 rings (SSSR count). The summed E-state index contributed by atoms with van der Waals surface area (Å²) in [5.41, 5.74) is 2.93. The van der Waals surface area contributed by atoms with Crippen LogP contribution in [0.1, 0.15) is 28.1 Å². The van der Waals surface area contributed by atoms with E-state index in [1.54, 1.807) is 18.4 Å². The standard InChI is InChI=1S/C23H21FN6O2S2/c1-14-15(2)30(12-16-5-7-17(24)8-6-16)21(19(14)10-25)27-20(31)13-33-23-29-28-22(34-23)26-11-18-4-3-9-32-18/h3-9H,11-13H2,1-2H3,(H,26,28)(H,27,31). The summed E-state index contributed by atoms with van der Waals surface area (Å²) in [4.78, 5) is 12.7. The number of furan rings is 1. The summed E-state index contributed by atoms with van der Waals surface area (Å²) in [6, 6.07) is 12.0. The lowest BCUT2D eigenvalue weighted by Crippen LogP contribution is -2.18. The zero-order valence-electron chi connectivity index (χ0n) is 18.5. The highest BCUT2D eigenvalue weighted by molar-refractivity contribution is 8.01. The number of carbonyl (C=O) groups excluding carboxylic acids is 1. The fraction of sp³-hybridized carbons (Fsp3) is 0.217. The molecule has 0 radical (unpaired) electrons. The molecule has 0 fully saturated rings. The lowest BCUT2D eigenvalue weighted by Gasteiger charge is -2.13. The molecule has 2 N–H and O–H groups in total. The number of aromatic nitrogens is 3. The molecule has 0 aliphatic heterocycles. The molecule has 1 amide bonds. The van der Waals surface area contributed by atoms with Crippen molar-refractivity contribution in [3.05, 3.63) is 76.6 Å². The average Bonchev–Trinajstić information content (AvgIpc) is 3.56. The van der Waals surface area contributed by atoms with E-state index < -0.39 is 0 Å². The molecular formula is C23H21FN6O2S2. The van der Waals surface area contributed by atoms with Crippen LogP contribution in [-0.2, 0) is 17.9 Å². The van der Waals surface area contributed by atoms with Crippen molar-refractivity contribution in [2.24, 2.45) is 0 Å². The summed E-state index contributed by atoms with van der Waals surface area (Å²) in [6.45, 7) is 4.63. The SMILES string of the molecule is Cc1c(C#N)c(NC(=O)CSc2nnc(NCc3ccco3)s2)n(Cc2ccc(F)cc2)c1C. The van der Waals surface area contributed by atoms with Crippen LogP contribution in [0.4, 0.5) is 15.3 Å². The molecule has 8 nitrogen and oxygen atoms in total. The van der Waals surface area contributed by atoms with E-state index >= 15 is 0 Å². The van der Waals surface area contributed by atoms with Gasteiger partial charge in [-0.15, -0.1) is 10.2 Å². The maximum absolute atomic E-state index is 13.3. The number of thioether (sulfide) groups is 1. The van der Waals surface area contributed by atoms with E-state index in [9.17, 15) is 14.4 Å². The minimum Gasteiger partial charge on any atom is -0.467 e. The van der Waals surface area contributed by atoms with Gasteiger partial charge in [-0.2, -0.15) is 5.26 Å². The van der Waals surface area contributed by atoms with Crippen molar-refractivity contribution >= 4 is 40.0 Å². The van der Waals surface area contributed by atoms with Crippen molar-refractivity contribution in [2.75, 3.05) is 16.4 Å². The lowest BCUT2D eigenvalue weighted by molar-refractivity contribution is -0.113. The van der Waals surface area contributed by atoms with Crippen molar-refractivity contribution in [1.82, 2.24) is 14.8 Å². The Balaban J connectivity index is 1.41. The molecule has 3 aromatic heterocycles. The summed E-state index contributed by atoms with van der Waals surface area (Å²) in [5, 5.41) is 24.5. The molecule has 0 atom stereocenters. The maximum atomic E-state index is 13.3. The Bertz CT molecular complexity index is 1320. The van der Waals surface area contributed by atoms with Gasteiger partial charge in [-0.3, -0.25) is 4.79 Å². The molecule has 0 spiro atoms. The van der Waals surface area contributed by atoms with Crippen molar-refractivity contribution < 1.29 is 13.6 Å². The molecule has 3 heterocycles. The highest BCUT2D eigenvalue weighted by Crippen LogP contribution is 2.29. The molecule has 0 saturated carbocycles. The van der Waals surface area contributed by atoms with Gasteiger partial charge < -0.3 is 19.6 Å². The third-order valence-electron chi connectivity index (χ3n) is 5.18. The number of rotatable bonds is 9. The number of carbonyl (C=O) groups is 1. The fourth-order valence-corrected chi connectivity index (χ4v) is 4.86. The van der Waals surface area contributed by atoms with E-state index in [0.717, 1.165) is 22.6 Å². The number of halogens is 1. The Morgan fingerprint density at radius 1 is 1.26 bits per heavy atom. The van der Waals surface area contributed by atoms with Crippen molar-refractivity contribution in [2.45, 2.75) is 31.3 Å². The fourth-order valence-electron chi connectivity index (χ4n) is 3.31. The second-order valence-electron chi connectivity index (χ2n) is 7.40. The third kappa shape index (κ3) is 5.47. The van der Waals surface area contributed by atoms with Gasteiger partial charge in [0.2, 0.25) is 11.0 Å². The first-order valence-electron chi connectivity index (χ1n) is 10.3. The van der Waals surface area contributed by atoms with Gasteiger partial charge >= 0.3 is 0 Å². The molecule has 174 valence electrons. The molecule has 0 aliphatic rings. The second-order valence-corrected chi connectivity index (χ2v) is 9.60. The van der Waals surface area contributed by atoms with Crippen molar-refractivity contribution in [1.29, 1.82) is 5.26 Å². The quantitative estimate of drug-likeness (QED) is 0.316. The van der Waals surface area contributed by atoms with E-state index in [2.05, 4.69) is 26.9 Å². The predicted octanol–water partition coefficient (Wildman–Crippen LogP) is 4.95. The van der Waals surface area contributed by atoms with Crippen LogP contribution in [0.5, 0.6) is 0 Å². The number of hydrogen-bond acceptors (Lipinski definition) is 8. The maximum Gasteiger partial charge on any atom is 0.235 e. The van der Waals surface area contributed by atoms with E-state index in [0.29, 0.717) is 33.9 Å². The van der Waals surface area contributed by atoms with Crippen molar-refractivity contribution in [3.8, 4) is 6.07 Å².